The monoisotopic (exact) mass is 376 g/mol. The number of rotatable bonds is 8. The quantitative estimate of drug-likeness (QED) is 0.689. The topological polar surface area (TPSA) is 71.2 Å². The van der Waals surface area contributed by atoms with Crippen LogP contribution >= 0.6 is 11.6 Å². The zero-order valence-electron chi connectivity index (χ0n) is 15.4. The van der Waals surface area contributed by atoms with Crippen LogP contribution in [0.4, 0.5) is 0 Å². The Morgan fingerprint density at radius 1 is 1.15 bits per heavy atom. The van der Waals surface area contributed by atoms with Gasteiger partial charge in [0.25, 0.3) is 0 Å². The first-order valence-electron chi connectivity index (χ1n) is 8.78. The van der Waals surface area contributed by atoms with E-state index in [0.717, 1.165) is 28.8 Å². The molecule has 5 nitrogen and oxygen atoms in total. The highest BCUT2D eigenvalue weighted by Crippen LogP contribution is 2.20. The van der Waals surface area contributed by atoms with E-state index in [9.17, 15) is 9.59 Å². The number of carbonyl (C=O) groups excluding carboxylic acids is 2. The molecule has 6 heteroatoms. The molecule has 1 amide bonds. The first-order chi connectivity index (χ1) is 12.4. The van der Waals surface area contributed by atoms with E-state index in [-0.39, 0.29) is 11.9 Å². The molecule has 140 valence electrons. The molecule has 0 bridgehead atoms. The number of esters is 1. The average molecular weight is 377 g/mol. The second kappa shape index (κ2) is 9.43. The molecule has 0 spiro atoms. The van der Waals surface area contributed by atoms with Gasteiger partial charge in [0.15, 0.2) is 0 Å². The van der Waals surface area contributed by atoms with E-state index in [2.05, 4.69) is 10.3 Å². The van der Waals surface area contributed by atoms with Gasteiger partial charge in [-0.15, -0.1) is 0 Å². The average Bonchev–Trinajstić information content (AvgIpc) is 2.89. The number of amides is 1. The van der Waals surface area contributed by atoms with Gasteiger partial charge in [0.05, 0.1) is 6.61 Å². The van der Waals surface area contributed by atoms with Gasteiger partial charge in [-0.3, -0.25) is 4.79 Å². The minimum absolute atomic E-state index is 0.00310. The van der Waals surface area contributed by atoms with Crippen molar-refractivity contribution in [3.63, 3.8) is 0 Å². The molecule has 0 atom stereocenters. The minimum atomic E-state index is -0.355. The van der Waals surface area contributed by atoms with Gasteiger partial charge in [0, 0.05) is 23.7 Å². The van der Waals surface area contributed by atoms with Crippen LogP contribution in [-0.4, -0.2) is 30.0 Å². The standard InChI is InChI=1S/C20H25ClN2O3/c1-4-26-20(25)19-13(2)17(14(3)23-19)9-10-18(24)22-12-11-15-5-7-16(21)8-6-15/h5-8,23H,4,9-12H2,1-3H3,(H,22,24). The van der Waals surface area contributed by atoms with Crippen LogP contribution < -0.4 is 5.32 Å². The Bertz CT molecular complexity index is 766. The summed E-state index contributed by atoms with van der Waals surface area (Å²) >= 11 is 5.86. The van der Waals surface area contributed by atoms with Crippen LogP contribution in [0.3, 0.4) is 0 Å². The van der Waals surface area contributed by atoms with Crippen LogP contribution in [0.1, 0.15) is 46.2 Å². The van der Waals surface area contributed by atoms with Crippen molar-refractivity contribution in [3.05, 3.63) is 57.4 Å². The Kier molecular flexibility index (Phi) is 7.27. The fraction of sp³-hybridized carbons (Fsp3) is 0.400. The van der Waals surface area contributed by atoms with E-state index >= 15 is 0 Å². The van der Waals surface area contributed by atoms with Crippen molar-refractivity contribution in [1.29, 1.82) is 0 Å². The Balaban J connectivity index is 1.83. The fourth-order valence-electron chi connectivity index (χ4n) is 2.90. The maximum atomic E-state index is 12.1. The number of aromatic nitrogens is 1. The highest BCUT2D eigenvalue weighted by Gasteiger charge is 2.18. The molecule has 26 heavy (non-hydrogen) atoms. The van der Waals surface area contributed by atoms with E-state index < -0.39 is 0 Å². The van der Waals surface area contributed by atoms with Crippen molar-refractivity contribution in [2.24, 2.45) is 0 Å². The number of aromatic amines is 1. The van der Waals surface area contributed by atoms with Crippen molar-refractivity contribution in [2.45, 2.75) is 40.0 Å². The Morgan fingerprint density at radius 2 is 1.85 bits per heavy atom. The normalized spacial score (nSPS) is 10.6. The number of benzene rings is 1. The summed E-state index contributed by atoms with van der Waals surface area (Å²) in [7, 11) is 0. The lowest BCUT2D eigenvalue weighted by Crippen LogP contribution is -2.26. The van der Waals surface area contributed by atoms with Crippen molar-refractivity contribution >= 4 is 23.5 Å². The van der Waals surface area contributed by atoms with Gasteiger partial charge in [0.1, 0.15) is 5.69 Å². The lowest BCUT2D eigenvalue weighted by Gasteiger charge is -2.07. The molecule has 1 aromatic carbocycles. The molecular formula is C20H25ClN2O3. The van der Waals surface area contributed by atoms with Crippen LogP contribution in [0.5, 0.6) is 0 Å². The van der Waals surface area contributed by atoms with Gasteiger partial charge in [-0.05, 0) is 62.4 Å². The maximum Gasteiger partial charge on any atom is 0.355 e. The Labute approximate surface area is 159 Å². The molecule has 2 N–H and O–H groups in total. The lowest BCUT2D eigenvalue weighted by molar-refractivity contribution is -0.121. The first kappa shape index (κ1) is 20.0. The second-order valence-electron chi connectivity index (χ2n) is 6.18. The summed E-state index contributed by atoms with van der Waals surface area (Å²) in [6, 6.07) is 7.60. The summed E-state index contributed by atoms with van der Waals surface area (Å²) < 4.78 is 5.05. The smallest absolute Gasteiger partial charge is 0.355 e. The number of ether oxygens (including phenoxy) is 1. The molecule has 2 rings (SSSR count). The second-order valence-corrected chi connectivity index (χ2v) is 6.61. The van der Waals surface area contributed by atoms with Crippen LogP contribution in [-0.2, 0) is 22.4 Å². The van der Waals surface area contributed by atoms with Crippen LogP contribution in [0.15, 0.2) is 24.3 Å². The van der Waals surface area contributed by atoms with E-state index in [1.807, 2.05) is 38.1 Å². The molecule has 2 aromatic rings. The van der Waals surface area contributed by atoms with E-state index in [4.69, 9.17) is 16.3 Å². The SMILES string of the molecule is CCOC(=O)c1[nH]c(C)c(CCC(=O)NCCc2ccc(Cl)cc2)c1C. The van der Waals surface area contributed by atoms with Crippen molar-refractivity contribution in [3.8, 4) is 0 Å². The molecule has 0 aliphatic heterocycles. The van der Waals surface area contributed by atoms with Crippen molar-refractivity contribution < 1.29 is 14.3 Å². The summed E-state index contributed by atoms with van der Waals surface area (Å²) in [5, 5.41) is 3.64. The predicted octanol–water partition coefficient (Wildman–Crippen LogP) is 3.75. The van der Waals surface area contributed by atoms with Crippen LogP contribution in [0.25, 0.3) is 0 Å². The fourth-order valence-corrected chi connectivity index (χ4v) is 3.02. The summed E-state index contributed by atoms with van der Waals surface area (Å²) in [6.07, 6.45) is 1.72. The molecule has 0 aliphatic carbocycles. The summed E-state index contributed by atoms with van der Waals surface area (Å²) in [5.41, 5.74) is 4.36. The highest BCUT2D eigenvalue weighted by molar-refractivity contribution is 6.30. The van der Waals surface area contributed by atoms with E-state index in [1.54, 1.807) is 6.92 Å². The number of nitrogens with one attached hydrogen (secondary N) is 2. The summed E-state index contributed by atoms with van der Waals surface area (Å²) in [6.45, 7) is 6.48. The van der Waals surface area contributed by atoms with Gasteiger partial charge in [-0.2, -0.15) is 0 Å². The number of aryl methyl sites for hydroxylation is 1. The maximum absolute atomic E-state index is 12.1. The molecule has 0 aliphatic rings. The van der Waals surface area contributed by atoms with Crippen molar-refractivity contribution in [1.82, 2.24) is 10.3 Å². The molecule has 0 saturated carbocycles. The summed E-state index contributed by atoms with van der Waals surface area (Å²) in [4.78, 5) is 27.1. The Hall–Kier alpha value is -2.27. The van der Waals surface area contributed by atoms with Gasteiger partial charge < -0.3 is 15.0 Å². The summed E-state index contributed by atoms with van der Waals surface area (Å²) in [5.74, 6) is -0.358. The van der Waals surface area contributed by atoms with Gasteiger partial charge >= 0.3 is 5.97 Å². The molecule has 1 heterocycles. The number of hydrogen-bond donors (Lipinski definition) is 2. The number of H-pyrrole nitrogens is 1. The number of halogens is 1. The molecule has 0 unspecified atom stereocenters. The third kappa shape index (κ3) is 5.36. The Morgan fingerprint density at radius 3 is 2.50 bits per heavy atom. The van der Waals surface area contributed by atoms with Gasteiger partial charge in [-0.25, -0.2) is 4.79 Å². The van der Waals surface area contributed by atoms with Crippen LogP contribution in [0.2, 0.25) is 5.02 Å². The molecule has 0 fully saturated rings. The zero-order chi connectivity index (χ0) is 19.1. The largest absolute Gasteiger partial charge is 0.461 e. The molecular weight excluding hydrogens is 352 g/mol. The van der Waals surface area contributed by atoms with Crippen LogP contribution in [0, 0.1) is 13.8 Å². The number of carbonyl (C=O) groups is 2. The lowest BCUT2D eigenvalue weighted by atomic mass is 10.0. The van der Waals surface area contributed by atoms with Gasteiger partial charge in [-0.1, -0.05) is 23.7 Å². The first-order valence-corrected chi connectivity index (χ1v) is 9.16. The molecule has 0 radical (unpaired) electrons. The molecule has 1 aromatic heterocycles. The third-order valence-corrected chi connectivity index (χ3v) is 4.58. The number of hydrogen-bond acceptors (Lipinski definition) is 3. The minimum Gasteiger partial charge on any atom is -0.461 e. The third-order valence-electron chi connectivity index (χ3n) is 4.32. The van der Waals surface area contributed by atoms with E-state index in [0.29, 0.717) is 36.7 Å². The molecule has 0 saturated heterocycles. The predicted molar refractivity (Wildman–Crippen MR) is 103 cm³/mol. The van der Waals surface area contributed by atoms with Gasteiger partial charge in [0.2, 0.25) is 5.91 Å². The van der Waals surface area contributed by atoms with E-state index in [1.165, 1.54) is 0 Å². The zero-order valence-corrected chi connectivity index (χ0v) is 16.2. The highest BCUT2D eigenvalue weighted by atomic mass is 35.5. The van der Waals surface area contributed by atoms with Crippen molar-refractivity contribution in [2.75, 3.05) is 13.2 Å².